The zero-order chi connectivity index (χ0) is 23.0. The van der Waals surface area contributed by atoms with Crippen molar-refractivity contribution in [2.45, 2.75) is 13.1 Å². The van der Waals surface area contributed by atoms with E-state index in [0.717, 1.165) is 34.2 Å². The van der Waals surface area contributed by atoms with Crippen LogP contribution in [0.5, 0.6) is 0 Å². The SMILES string of the molecule is Cc1ccc(C(=O)Nc2ccc(Cl)c(C(F)(F)F)c2)cc1-c1ccc2nc(N)ncc2c1. The van der Waals surface area contributed by atoms with Gasteiger partial charge < -0.3 is 11.1 Å². The summed E-state index contributed by atoms with van der Waals surface area (Å²) in [6, 6.07) is 13.8. The largest absolute Gasteiger partial charge is 0.417 e. The number of hydrogen-bond donors (Lipinski definition) is 2. The third kappa shape index (κ3) is 4.36. The second-order valence-corrected chi connectivity index (χ2v) is 7.59. The topological polar surface area (TPSA) is 80.9 Å². The summed E-state index contributed by atoms with van der Waals surface area (Å²) < 4.78 is 39.3. The molecule has 9 heteroatoms. The van der Waals surface area contributed by atoms with Gasteiger partial charge in [-0.05, 0) is 66.1 Å². The van der Waals surface area contributed by atoms with Crippen LogP contribution in [0.1, 0.15) is 21.5 Å². The molecule has 0 aliphatic rings. The molecular weight excluding hydrogens is 441 g/mol. The zero-order valence-corrected chi connectivity index (χ0v) is 17.4. The minimum Gasteiger partial charge on any atom is -0.368 e. The number of nitrogens with one attached hydrogen (secondary N) is 1. The van der Waals surface area contributed by atoms with Gasteiger partial charge in [-0.3, -0.25) is 4.79 Å². The molecule has 32 heavy (non-hydrogen) atoms. The lowest BCUT2D eigenvalue weighted by molar-refractivity contribution is -0.137. The number of benzene rings is 3. The number of halogens is 4. The van der Waals surface area contributed by atoms with Crippen molar-refractivity contribution in [2.24, 2.45) is 0 Å². The summed E-state index contributed by atoms with van der Waals surface area (Å²) >= 11 is 5.64. The number of nitrogens with two attached hydrogens (primary N) is 1. The van der Waals surface area contributed by atoms with E-state index in [0.29, 0.717) is 11.1 Å². The highest BCUT2D eigenvalue weighted by atomic mass is 35.5. The van der Waals surface area contributed by atoms with Gasteiger partial charge in [0.25, 0.3) is 5.91 Å². The smallest absolute Gasteiger partial charge is 0.368 e. The van der Waals surface area contributed by atoms with Crippen molar-refractivity contribution in [1.82, 2.24) is 9.97 Å². The van der Waals surface area contributed by atoms with E-state index < -0.39 is 22.7 Å². The maximum Gasteiger partial charge on any atom is 0.417 e. The Balaban J connectivity index is 1.66. The Kier molecular flexibility index (Phi) is 5.48. The number of nitrogens with zero attached hydrogens (tertiary/aromatic N) is 2. The van der Waals surface area contributed by atoms with Gasteiger partial charge in [-0.2, -0.15) is 13.2 Å². The van der Waals surface area contributed by atoms with Crippen LogP contribution in [-0.4, -0.2) is 15.9 Å². The molecule has 1 heterocycles. The first kappa shape index (κ1) is 21.6. The molecule has 3 aromatic carbocycles. The minimum atomic E-state index is -4.63. The molecule has 0 unspecified atom stereocenters. The molecule has 0 saturated heterocycles. The molecule has 0 atom stereocenters. The number of carbonyl (C=O) groups excluding carboxylic acids is 1. The number of alkyl halides is 3. The third-order valence-electron chi connectivity index (χ3n) is 4.94. The van der Waals surface area contributed by atoms with E-state index in [-0.39, 0.29) is 11.6 Å². The van der Waals surface area contributed by atoms with E-state index in [2.05, 4.69) is 15.3 Å². The van der Waals surface area contributed by atoms with Crippen LogP contribution >= 0.6 is 11.6 Å². The Morgan fingerprint density at radius 3 is 2.59 bits per heavy atom. The van der Waals surface area contributed by atoms with Crippen LogP contribution in [0.15, 0.2) is 60.8 Å². The van der Waals surface area contributed by atoms with Gasteiger partial charge in [0.1, 0.15) is 0 Å². The van der Waals surface area contributed by atoms with Crippen molar-refractivity contribution >= 4 is 40.0 Å². The first-order valence-electron chi connectivity index (χ1n) is 9.43. The van der Waals surface area contributed by atoms with Crippen LogP contribution in [-0.2, 0) is 6.18 Å². The predicted octanol–water partition coefficient (Wildman–Crippen LogP) is 6.11. The van der Waals surface area contributed by atoms with Crippen LogP contribution in [0, 0.1) is 6.92 Å². The number of carbonyl (C=O) groups is 1. The average molecular weight is 457 g/mol. The van der Waals surface area contributed by atoms with Crippen molar-refractivity contribution in [2.75, 3.05) is 11.1 Å². The molecule has 0 saturated carbocycles. The lowest BCUT2D eigenvalue weighted by Gasteiger charge is -2.13. The third-order valence-corrected chi connectivity index (χ3v) is 5.27. The summed E-state index contributed by atoms with van der Waals surface area (Å²) in [4.78, 5) is 20.9. The van der Waals surface area contributed by atoms with Crippen LogP contribution in [0.2, 0.25) is 5.02 Å². The Bertz CT molecular complexity index is 1360. The highest BCUT2D eigenvalue weighted by molar-refractivity contribution is 6.31. The van der Waals surface area contributed by atoms with E-state index in [4.69, 9.17) is 17.3 Å². The van der Waals surface area contributed by atoms with E-state index in [9.17, 15) is 18.0 Å². The summed E-state index contributed by atoms with van der Waals surface area (Å²) in [7, 11) is 0. The summed E-state index contributed by atoms with van der Waals surface area (Å²) in [6.07, 6.45) is -3.01. The summed E-state index contributed by atoms with van der Waals surface area (Å²) in [5.41, 5.74) is 8.14. The first-order valence-corrected chi connectivity index (χ1v) is 9.81. The lowest BCUT2D eigenvalue weighted by atomic mass is 9.97. The molecule has 0 fully saturated rings. The molecular formula is C23H16ClF3N4O. The molecule has 3 N–H and O–H groups in total. The second kappa shape index (κ2) is 8.12. The van der Waals surface area contributed by atoms with Crippen LogP contribution < -0.4 is 11.1 Å². The molecule has 0 aliphatic carbocycles. The Morgan fingerprint density at radius 1 is 1.06 bits per heavy atom. The van der Waals surface area contributed by atoms with Gasteiger partial charge in [-0.15, -0.1) is 0 Å². The maximum atomic E-state index is 13.1. The molecule has 5 nitrogen and oxygen atoms in total. The van der Waals surface area contributed by atoms with Crippen molar-refractivity contribution in [3.8, 4) is 11.1 Å². The fourth-order valence-electron chi connectivity index (χ4n) is 3.31. The number of nitrogen functional groups attached to an aromatic ring is 1. The molecule has 1 amide bonds. The molecule has 162 valence electrons. The van der Waals surface area contributed by atoms with Crippen LogP contribution in [0.4, 0.5) is 24.8 Å². The van der Waals surface area contributed by atoms with Crippen molar-refractivity contribution in [3.63, 3.8) is 0 Å². The van der Waals surface area contributed by atoms with Gasteiger partial charge in [0.05, 0.1) is 16.1 Å². The normalized spacial score (nSPS) is 11.5. The predicted molar refractivity (Wildman–Crippen MR) is 119 cm³/mol. The molecule has 0 bridgehead atoms. The molecule has 0 radical (unpaired) electrons. The van der Waals surface area contributed by atoms with Crippen LogP contribution in [0.3, 0.4) is 0 Å². The first-order chi connectivity index (χ1) is 15.1. The van der Waals surface area contributed by atoms with E-state index >= 15 is 0 Å². The fraction of sp³-hybridized carbons (Fsp3) is 0.0870. The van der Waals surface area contributed by atoms with E-state index in [1.807, 2.05) is 19.1 Å². The Morgan fingerprint density at radius 2 is 1.84 bits per heavy atom. The molecule has 0 spiro atoms. The van der Waals surface area contributed by atoms with Crippen molar-refractivity contribution in [1.29, 1.82) is 0 Å². The van der Waals surface area contributed by atoms with E-state index in [1.165, 1.54) is 6.07 Å². The second-order valence-electron chi connectivity index (χ2n) is 7.18. The molecule has 4 aromatic rings. The number of hydrogen-bond acceptors (Lipinski definition) is 4. The van der Waals surface area contributed by atoms with Gasteiger partial charge in [-0.25, -0.2) is 9.97 Å². The number of aromatic nitrogens is 2. The van der Waals surface area contributed by atoms with Gasteiger partial charge in [0.15, 0.2) is 0 Å². The minimum absolute atomic E-state index is 0.00528. The fourth-order valence-corrected chi connectivity index (χ4v) is 3.54. The highest BCUT2D eigenvalue weighted by Gasteiger charge is 2.33. The molecule has 4 rings (SSSR count). The van der Waals surface area contributed by atoms with Crippen molar-refractivity contribution in [3.05, 3.63) is 82.5 Å². The Labute approximate surface area is 186 Å². The average Bonchev–Trinajstić information content (AvgIpc) is 2.74. The standard InChI is InChI=1S/C23H16ClF3N4O/c1-12-2-3-14(21(32)30-16-5-6-19(24)18(10-16)23(25,26)27)9-17(12)13-4-7-20-15(8-13)11-29-22(28)31-20/h2-11H,1H3,(H,30,32)(H2,28,29,31). The van der Waals surface area contributed by atoms with Gasteiger partial charge >= 0.3 is 6.18 Å². The summed E-state index contributed by atoms with van der Waals surface area (Å²) in [6.45, 7) is 1.90. The molecule has 0 aliphatic heterocycles. The lowest BCUT2D eigenvalue weighted by Crippen LogP contribution is -2.13. The van der Waals surface area contributed by atoms with Crippen molar-refractivity contribution < 1.29 is 18.0 Å². The maximum absolute atomic E-state index is 13.1. The number of fused-ring (bicyclic) bond motifs is 1. The van der Waals surface area contributed by atoms with E-state index in [1.54, 1.807) is 30.5 Å². The number of anilines is 2. The monoisotopic (exact) mass is 456 g/mol. The van der Waals surface area contributed by atoms with Gasteiger partial charge in [0, 0.05) is 22.8 Å². The Hall–Kier alpha value is -3.65. The zero-order valence-electron chi connectivity index (χ0n) is 16.7. The van der Waals surface area contributed by atoms with Gasteiger partial charge in [-0.1, -0.05) is 23.7 Å². The highest BCUT2D eigenvalue weighted by Crippen LogP contribution is 2.36. The number of rotatable bonds is 3. The van der Waals surface area contributed by atoms with Gasteiger partial charge in [0.2, 0.25) is 5.95 Å². The summed E-state index contributed by atoms with van der Waals surface area (Å²) in [5.74, 6) is -0.366. The van der Waals surface area contributed by atoms with Crippen LogP contribution in [0.25, 0.3) is 22.0 Å². The number of aryl methyl sites for hydroxylation is 1. The number of amides is 1. The summed E-state index contributed by atoms with van der Waals surface area (Å²) in [5, 5.41) is 2.85. The quantitative estimate of drug-likeness (QED) is 0.389. The molecule has 1 aromatic heterocycles.